The van der Waals surface area contributed by atoms with Crippen LogP contribution in [0.15, 0.2) is 24.3 Å². The number of aromatic nitrogens is 2. The SMILES string of the molecule is CCc1cc(COc2ccc(C#N)c(Cl)c2)n(C)n1. The lowest BCUT2D eigenvalue weighted by molar-refractivity contribution is 0.295. The molecule has 0 N–H and O–H groups in total. The maximum Gasteiger partial charge on any atom is 0.130 e. The van der Waals surface area contributed by atoms with E-state index in [2.05, 4.69) is 12.0 Å². The van der Waals surface area contributed by atoms with Crippen molar-refractivity contribution in [1.82, 2.24) is 9.78 Å². The molecule has 0 spiro atoms. The van der Waals surface area contributed by atoms with Crippen LogP contribution < -0.4 is 4.74 Å². The van der Waals surface area contributed by atoms with E-state index in [4.69, 9.17) is 21.6 Å². The largest absolute Gasteiger partial charge is 0.487 e. The summed E-state index contributed by atoms with van der Waals surface area (Å²) in [6.45, 7) is 2.49. The molecule has 0 aliphatic carbocycles. The Hall–Kier alpha value is -1.99. The van der Waals surface area contributed by atoms with Crippen molar-refractivity contribution in [1.29, 1.82) is 5.26 Å². The first-order chi connectivity index (χ1) is 9.13. The standard InChI is InChI=1S/C14H14ClN3O/c1-3-11-6-12(18(2)17-11)9-19-13-5-4-10(8-16)14(15)7-13/h4-7H,3,9H2,1-2H3. The molecule has 0 radical (unpaired) electrons. The maximum absolute atomic E-state index is 8.80. The first-order valence-electron chi connectivity index (χ1n) is 5.98. The van der Waals surface area contributed by atoms with Crippen molar-refractivity contribution >= 4 is 11.6 Å². The number of hydrogen-bond acceptors (Lipinski definition) is 3. The lowest BCUT2D eigenvalue weighted by atomic mass is 10.2. The van der Waals surface area contributed by atoms with Gasteiger partial charge in [-0.3, -0.25) is 4.68 Å². The van der Waals surface area contributed by atoms with E-state index in [9.17, 15) is 0 Å². The van der Waals surface area contributed by atoms with Gasteiger partial charge in [0.25, 0.3) is 0 Å². The molecule has 5 heteroatoms. The molecular weight excluding hydrogens is 262 g/mol. The van der Waals surface area contributed by atoms with Crippen LogP contribution in [0.2, 0.25) is 5.02 Å². The molecule has 4 nitrogen and oxygen atoms in total. The lowest BCUT2D eigenvalue weighted by Crippen LogP contribution is -2.03. The highest BCUT2D eigenvalue weighted by atomic mass is 35.5. The molecule has 2 rings (SSSR count). The number of nitrogens with zero attached hydrogens (tertiary/aromatic N) is 3. The molecule has 0 atom stereocenters. The van der Waals surface area contributed by atoms with Crippen molar-refractivity contribution in [3.8, 4) is 11.8 Å². The number of ether oxygens (including phenoxy) is 1. The van der Waals surface area contributed by atoms with Crippen LogP contribution in [0, 0.1) is 11.3 Å². The van der Waals surface area contributed by atoms with E-state index in [0.29, 0.717) is 22.9 Å². The zero-order chi connectivity index (χ0) is 13.8. The summed E-state index contributed by atoms with van der Waals surface area (Å²) in [6.07, 6.45) is 0.899. The molecule has 0 saturated heterocycles. The van der Waals surface area contributed by atoms with E-state index >= 15 is 0 Å². The maximum atomic E-state index is 8.80. The summed E-state index contributed by atoms with van der Waals surface area (Å²) >= 11 is 5.95. The summed E-state index contributed by atoms with van der Waals surface area (Å²) in [5.74, 6) is 0.642. The first-order valence-corrected chi connectivity index (χ1v) is 6.36. The van der Waals surface area contributed by atoms with Crippen LogP contribution in [0.5, 0.6) is 5.75 Å². The average molecular weight is 276 g/mol. The van der Waals surface area contributed by atoms with Gasteiger partial charge in [0, 0.05) is 13.1 Å². The first kappa shape index (κ1) is 13.4. The number of nitriles is 1. The van der Waals surface area contributed by atoms with E-state index in [-0.39, 0.29) is 0 Å². The number of aryl methyl sites for hydroxylation is 2. The Morgan fingerprint density at radius 3 is 2.79 bits per heavy atom. The van der Waals surface area contributed by atoms with Gasteiger partial charge in [0.2, 0.25) is 0 Å². The van der Waals surface area contributed by atoms with Gasteiger partial charge in [-0.05, 0) is 24.6 Å². The zero-order valence-corrected chi connectivity index (χ0v) is 11.6. The van der Waals surface area contributed by atoms with Crippen LogP contribution in [0.3, 0.4) is 0 Å². The number of rotatable bonds is 4. The third kappa shape index (κ3) is 3.07. The van der Waals surface area contributed by atoms with Gasteiger partial charge in [-0.25, -0.2) is 0 Å². The van der Waals surface area contributed by atoms with Gasteiger partial charge < -0.3 is 4.74 Å². The normalized spacial score (nSPS) is 10.2. The topological polar surface area (TPSA) is 50.8 Å². The number of hydrogen-bond donors (Lipinski definition) is 0. The molecule has 1 heterocycles. The zero-order valence-electron chi connectivity index (χ0n) is 10.9. The molecule has 1 aromatic carbocycles. The Morgan fingerprint density at radius 1 is 1.42 bits per heavy atom. The molecule has 19 heavy (non-hydrogen) atoms. The minimum absolute atomic E-state index is 0.402. The van der Waals surface area contributed by atoms with Crippen molar-refractivity contribution in [2.24, 2.45) is 7.05 Å². The number of halogens is 1. The highest BCUT2D eigenvalue weighted by Crippen LogP contribution is 2.22. The second kappa shape index (κ2) is 5.77. The van der Waals surface area contributed by atoms with Gasteiger partial charge >= 0.3 is 0 Å². The molecule has 1 aromatic heterocycles. The van der Waals surface area contributed by atoms with Crippen LogP contribution in [-0.2, 0) is 20.1 Å². The Morgan fingerprint density at radius 2 is 2.21 bits per heavy atom. The van der Waals surface area contributed by atoms with Gasteiger partial charge in [0.05, 0.1) is 22.0 Å². The molecule has 0 saturated carbocycles. The van der Waals surface area contributed by atoms with E-state index in [1.807, 2.05) is 23.9 Å². The molecule has 0 aliphatic rings. The third-order valence-corrected chi connectivity index (χ3v) is 3.15. The highest BCUT2D eigenvalue weighted by molar-refractivity contribution is 6.31. The smallest absolute Gasteiger partial charge is 0.130 e. The summed E-state index contributed by atoms with van der Waals surface area (Å²) in [5, 5.41) is 13.6. The van der Waals surface area contributed by atoms with E-state index in [0.717, 1.165) is 17.8 Å². The summed E-state index contributed by atoms with van der Waals surface area (Å²) in [7, 11) is 1.89. The second-order valence-corrected chi connectivity index (χ2v) is 4.55. The predicted octanol–water partition coefficient (Wildman–Crippen LogP) is 3.09. The number of benzene rings is 1. The fourth-order valence-corrected chi connectivity index (χ4v) is 1.93. The third-order valence-electron chi connectivity index (χ3n) is 2.84. The minimum Gasteiger partial charge on any atom is -0.487 e. The Labute approximate surface area is 117 Å². The van der Waals surface area contributed by atoms with E-state index in [1.165, 1.54) is 0 Å². The summed E-state index contributed by atoms with van der Waals surface area (Å²) in [4.78, 5) is 0. The van der Waals surface area contributed by atoms with Crippen molar-refractivity contribution in [3.05, 3.63) is 46.2 Å². The quantitative estimate of drug-likeness (QED) is 0.861. The highest BCUT2D eigenvalue weighted by Gasteiger charge is 2.06. The molecule has 98 valence electrons. The van der Waals surface area contributed by atoms with Crippen molar-refractivity contribution < 1.29 is 4.74 Å². The van der Waals surface area contributed by atoms with Crippen LogP contribution in [0.4, 0.5) is 0 Å². The van der Waals surface area contributed by atoms with Crippen LogP contribution in [0.1, 0.15) is 23.9 Å². The fraction of sp³-hybridized carbons (Fsp3) is 0.286. The van der Waals surface area contributed by atoms with Gasteiger partial charge in [0.15, 0.2) is 0 Å². The van der Waals surface area contributed by atoms with Crippen molar-refractivity contribution in [2.75, 3.05) is 0 Å². The van der Waals surface area contributed by atoms with Gasteiger partial charge in [0.1, 0.15) is 18.4 Å². The second-order valence-electron chi connectivity index (χ2n) is 4.15. The molecule has 0 amide bonds. The predicted molar refractivity (Wildman–Crippen MR) is 73.1 cm³/mol. The van der Waals surface area contributed by atoms with Crippen molar-refractivity contribution in [3.63, 3.8) is 0 Å². The van der Waals surface area contributed by atoms with Crippen LogP contribution >= 0.6 is 11.6 Å². The summed E-state index contributed by atoms with van der Waals surface area (Å²) in [5.41, 5.74) is 2.49. The van der Waals surface area contributed by atoms with Crippen LogP contribution in [0.25, 0.3) is 0 Å². The Kier molecular flexibility index (Phi) is 4.08. The van der Waals surface area contributed by atoms with Gasteiger partial charge in [-0.2, -0.15) is 10.4 Å². The van der Waals surface area contributed by atoms with Crippen LogP contribution in [-0.4, -0.2) is 9.78 Å². The summed E-state index contributed by atoms with van der Waals surface area (Å²) in [6, 6.07) is 9.07. The molecule has 0 aliphatic heterocycles. The molecule has 0 unspecified atom stereocenters. The van der Waals surface area contributed by atoms with Gasteiger partial charge in [-0.1, -0.05) is 18.5 Å². The summed E-state index contributed by atoms with van der Waals surface area (Å²) < 4.78 is 7.47. The Balaban J connectivity index is 2.08. The van der Waals surface area contributed by atoms with Crippen molar-refractivity contribution in [2.45, 2.75) is 20.0 Å². The monoisotopic (exact) mass is 275 g/mol. The molecule has 0 bridgehead atoms. The molecule has 0 fully saturated rings. The van der Waals surface area contributed by atoms with Gasteiger partial charge in [-0.15, -0.1) is 0 Å². The molecular formula is C14H14ClN3O. The fourth-order valence-electron chi connectivity index (χ4n) is 1.71. The minimum atomic E-state index is 0.402. The average Bonchev–Trinajstić information content (AvgIpc) is 2.77. The van der Waals surface area contributed by atoms with E-state index in [1.54, 1.807) is 18.2 Å². The lowest BCUT2D eigenvalue weighted by Gasteiger charge is -2.07. The molecule has 2 aromatic rings. The van der Waals surface area contributed by atoms with E-state index < -0.39 is 0 Å². The Bertz CT molecular complexity index is 628.